The second-order valence-corrected chi connectivity index (χ2v) is 6.22. The predicted octanol–water partition coefficient (Wildman–Crippen LogP) is 2.32. The number of terminal acetylenes is 1. The molecular weight excluding hydrogens is 348 g/mol. The first-order valence-electron chi connectivity index (χ1n) is 8.50. The van der Waals surface area contributed by atoms with Gasteiger partial charge in [-0.25, -0.2) is 4.98 Å². The fourth-order valence-corrected chi connectivity index (χ4v) is 2.85. The molecule has 0 fully saturated rings. The maximum Gasteiger partial charge on any atom is 0.269 e. The first-order valence-corrected chi connectivity index (χ1v) is 8.88. The molecule has 2 aromatic rings. The van der Waals surface area contributed by atoms with Crippen LogP contribution in [-0.4, -0.2) is 30.5 Å². The average Bonchev–Trinajstić information content (AvgIpc) is 3.08. The van der Waals surface area contributed by atoms with Gasteiger partial charge in [0.25, 0.3) is 5.91 Å². The molecular formula is C20H23ClN4O. The number of carbonyl (C=O) groups excluding carboxylic acids is 1. The molecule has 6 heteroatoms. The van der Waals surface area contributed by atoms with E-state index in [1.54, 1.807) is 12.1 Å². The predicted molar refractivity (Wildman–Crippen MR) is 105 cm³/mol. The molecule has 26 heavy (non-hydrogen) atoms. The SMILES string of the molecule is C#CCN[C@@H]1CCc2ccccc21.NCCNC(=O)c1ccc(Cl)cn1. The summed E-state index contributed by atoms with van der Waals surface area (Å²) in [6.07, 6.45) is 9.00. The molecule has 1 aliphatic carbocycles. The largest absolute Gasteiger partial charge is 0.349 e. The number of hydrogen-bond acceptors (Lipinski definition) is 4. The summed E-state index contributed by atoms with van der Waals surface area (Å²) >= 11 is 5.61. The van der Waals surface area contributed by atoms with Gasteiger partial charge >= 0.3 is 0 Å². The Morgan fingerprint density at radius 1 is 1.35 bits per heavy atom. The second kappa shape index (κ2) is 10.6. The minimum absolute atomic E-state index is 0.234. The topological polar surface area (TPSA) is 80.0 Å². The molecule has 5 nitrogen and oxygen atoms in total. The number of nitrogens with one attached hydrogen (secondary N) is 2. The Labute approximate surface area is 159 Å². The maximum absolute atomic E-state index is 11.2. The Balaban J connectivity index is 0.000000187. The molecule has 0 saturated carbocycles. The lowest BCUT2D eigenvalue weighted by atomic mass is 10.1. The molecule has 3 rings (SSSR count). The van der Waals surface area contributed by atoms with Gasteiger partial charge < -0.3 is 11.1 Å². The van der Waals surface area contributed by atoms with Crippen molar-refractivity contribution in [3.05, 3.63) is 64.4 Å². The summed E-state index contributed by atoms with van der Waals surface area (Å²) in [5, 5.41) is 6.46. The number of amides is 1. The highest BCUT2D eigenvalue weighted by Crippen LogP contribution is 2.30. The van der Waals surface area contributed by atoms with Gasteiger partial charge in [0.15, 0.2) is 0 Å². The number of rotatable bonds is 5. The number of halogens is 1. The van der Waals surface area contributed by atoms with E-state index in [1.807, 2.05) is 0 Å². The summed E-state index contributed by atoms with van der Waals surface area (Å²) in [6, 6.07) is 12.2. The smallest absolute Gasteiger partial charge is 0.269 e. The monoisotopic (exact) mass is 370 g/mol. The summed E-state index contributed by atoms with van der Waals surface area (Å²) in [6.45, 7) is 1.53. The number of benzene rings is 1. The quantitative estimate of drug-likeness (QED) is 0.706. The van der Waals surface area contributed by atoms with Crippen LogP contribution in [0.1, 0.15) is 34.1 Å². The van der Waals surface area contributed by atoms with Crippen LogP contribution in [0.3, 0.4) is 0 Å². The van der Waals surface area contributed by atoms with E-state index < -0.39 is 0 Å². The second-order valence-electron chi connectivity index (χ2n) is 5.78. The fraction of sp³-hybridized carbons (Fsp3) is 0.300. The minimum atomic E-state index is -0.234. The lowest BCUT2D eigenvalue weighted by Gasteiger charge is -2.10. The number of carbonyl (C=O) groups is 1. The van der Waals surface area contributed by atoms with Crippen molar-refractivity contribution >= 4 is 17.5 Å². The zero-order valence-electron chi connectivity index (χ0n) is 14.5. The van der Waals surface area contributed by atoms with Gasteiger partial charge in [0.1, 0.15) is 5.69 Å². The Hall–Kier alpha value is -2.39. The Bertz CT molecular complexity index is 755. The van der Waals surface area contributed by atoms with E-state index in [-0.39, 0.29) is 5.91 Å². The van der Waals surface area contributed by atoms with Crippen molar-refractivity contribution in [2.24, 2.45) is 5.73 Å². The highest BCUT2D eigenvalue weighted by molar-refractivity contribution is 6.30. The molecule has 0 radical (unpaired) electrons. The number of fused-ring (bicyclic) bond motifs is 1. The van der Waals surface area contributed by atoms with Crippen molar-refractivity contribution in [2.45, 2.75) is 18.9 Å². The van der Waals surface area contributed by atoms with E-state index in [0.29, 0.717) is 36.4 Å². The van der Waals surface area contributed by atoms with E-state index in [9.17, 15) is 4.79 Å². The summed E-state index contributed by atoms with van der Waals surface area (Å²) in [4.78, 5) is 15.1. The van der Waals surface area contributed by atoms with Crippen molar-refractivity contribution in [1.29, 1.82) is 0 Å². The molecule has 1 amide bonds. The maximum atomic E-state index is 11.2. The number of nitrogens with two attached hydrogens (primary N) is 1. The minimum Gasteiger partial charge on any atom is -0.349 e. The van der Waals surface area contributed by atoms with E-state index in [1.165, 1.54) is 30.2 Å². The van der Waals surface area contributed by atoms with Crippen molar-refractivity contribution < 1.29 is 4.79 Å². The highest BCUT2D eigenvalue weighted by Gasteiger charge is 2.20. The van der Waals surface area contributed by atoms with Gasteiger partial charge in [-0.15, -0.1) is 6.42 Å². The van der Waals surface area contributed by atoms with Crippen LogP contribution in [0.25, 0.3) is 0 Å². The van der Waals surface area contributed by atoms with Gasteiger partial charge in [-0.2, -0.15) is 0 Å². The number of nitrogens with zero attached hydrogens (tertiary/aromatic N) is 1. The molecule has 4 N–H and O–H groups in total. The zero-order valence-corrected chi connectivity index (χ0v) is 15.3. The summed E-state index contributed by atoms with van der Waals surface area (Å²) in [5.41, 5.74) is 8.47. The molecule has 0 aliphatic heterocycles. The van der Waals surface area contributed by atoms with Crippen molar-refractivity contribution in [1.82, 2.24) is 15.6 Å². The van der Waals surface area contributed by atoms with Crippen LogP contribution in [0, 0.1) is 12.3 Å². The van der Waals surface area contributed by atoms with Crippen molar-refractivity contribution in [2.75, 3.05) is 19.6 Å². The first-order chi connectivity index (χ1) is 12.7. The Morgan fingerprint density at radius 3 is 2.85 bits per heavy atom. The number of hydrogen-bond donors (Lipinski definition) is 3. The van der Waals surface area contributed by atoms with Crippen molar-refractivity contribution in [3.63, 3.8) is 0 Å². The van der Waals surface area contributed by atoms with E-state index in [4.69, 9.17) is 23.8 Å². The molecule has 0 spiro atoms. The Morgan fingerprint density at radius 2 is 2.15 bits per heavy atom. The van der Waals surface area contributed by atoms with E-state index >= 15 is 0 Å². The highest BCUT2D eigenvalue weighted by atomic mass is 35.5. The third kappa shape index (κ3) is 5.85. The van der Waals surface area contributed by atoms with E-state index in [0.717, 1.165) is 0 Å². The molecule has 1 aliphatic rings. The molecule has 1 atom stereocenters. The normalized spacial score (nSPS) is 14.6. The summed E-state index contributed by atoms with van der Waals surface area (Å²) in [5.74, 6) is 2.38. The standard InChI is InChI=1S/C12H13N.C8H10ClN3O/c1-2-9-13-12-8-7-10-5-3-4-6-11(10)12;9-6-1-2-7(12-5-6)8(13)11-4-3-10/h1,3-6,12-13H,7-9H2;1-2,5H,3-4,10H2,(H,11,13)/t12-;/m1./s1. The first kappa shape index (κ1) is 19.9. The van der Waals surface area contributed by atoms with Crippen LogP contribution in [0.4, 0.5) is 0 Å². The number of pyridine rings is 1. The fourth-order valence-electron chi connectivity index (χ4n) is 2.74. The van der Waals surface area contributed by atoms with Gasteiger partial charge in [0, 0.05) is 25.3 Å². The molecule has 136 valence electrons. The number of aromatic nitrogens is 1. The van der Waals surface area contributed by atoms with E-state index in [2.05, 4.69) is 45.8 Å². The third-order valence-electron chi connectivity index (χ3n) is 3.97. The van der Waals surface area contributed by atoms with Crippen LogP contribution in [0.15, 0.2) is 42.6 Å². The van der Waals surface area contributed by atoms with Gasteiger partial charge in [0.05, 0.1) is 11.6 Å². The van der Waals surface area contributed by atoms with Crippen LogP contribution >= 0.6 is 11.6 Å². The zero-order chi connectivity index (χ0) is 18.8. The average molecular weight is 371 g/mol. The van der Waals surface area contributed by atoms with Crippen molar-refractivity contribution in [3.8, 4) is 12.3 Å². The van der Waals surface area contributed by atoms with Gasteiger partial charge in [-0.1, -0.05) is 41.8 Å². The van der Waals surface area contributed by atoms with Crippen LogP contribution < -0.4 is 16.4 Å². The molecule has 1 heterocycles. The van der Waals surface area contributed by atoms with Gasteiger partial charge in [0.2, 0.25) is 0 Å². The lowest BCUT2D eigenvalue weighted by molar-refractivity contribution is 0.0950. The van der Waals surface area contributed by atoms with Crippen LogP contribution in [-0.2, 0) is 6.42 Å². The van der Waals surface area contributed by atoms with Gasteiger partial charge in [-0.05, 0) is 36.1 Å². The molecule has 0 saturated heterocycles. The number of aryl methyl sites for hydroxylation is 1. The van der Waals surface area contributed by atoms with Gasteiger partial charge in [-0.3, -0.25) is 10.1 Å². The molecule has 1 aromatic carbocycles. The van der Waals surface area contributed by atoms with Crippen LogP contribution in [0.2, 0.25) is 5.02 Å². The lowest BCUT2D eigenvalue weighted by Crippen LogP contribution is -2.29. The third-order valence-corrected chi connectivity index (χ3v) is 4.20. The summed E-state index contributed by atoms with van der Waals surface area (Å²) < 4.78 is 0. The molecule has 1 aromatic heterocycles. The Kier molecular flexibility index (Phi) is 8.10. The molecule has 0 unspecified atom stereocenters. The van der Waals surface area contributed by atoms with Crippen LogP contribution in [0.5, 0.6) is 0 Å². The summed E-state index contributed by atoms with van der Waals surface area (Å²) in [7, 11) is 0. The molecule has 0 bridgehead atoms.